The lowest BCUT2D eigenvalue weighted by Crippen LogP contribution is -2.36. The predicted molar refractivity (Wildman–Crippen MR) is 88.7 cm³/mol. The number of nitrogens with one attached hydrogen (secondary N) is 1. The van der Waals surface area contributed by atoms with Crippen LogP contribution in [0.5, 0.6) is 5.75 Å². The lowest BCUT2D eigenvalue weighted by molar-refractivity contribution is 0.104. The van der Waals surface area contributed by atoms with Crippen molar-refractivity contribution in [3.8, 4) is 5.75 Å². The average Bonchev–Trinajstić information content (AvgIpc) is 3.05. The van der Waals surface area contributed by atoms with Crippen LogP contribution < -0.4 is 5.32 Å². The van der Waals surface area contributed by atoms with Crippen molar-refractivity contribution < 1.29 is 9.90 Å². The summed E-state index contributed by atoms with van der Waals surface area (Å²) in [4.78, 5) is 19.0. The first-order valence-corrected chi connectivity index (χ1v) is 7.46. The number of hydrogen-bond acceptors (Lipinski definition) is 5. The lowest BCUT2D eigenvalue weighted by atomic mass is 10.1. The number of carbonyl (C=O) groups is 1. The molecule has 2 aliphatic rings. The minimum Gasteiger partial charge on any atom is -0.507 e. The van der Waals surface area contributed by atoms with Gasteiger partial charge in [-0.3, -0.25) is 9.79 Å². The second-order valence-electron chi connectivity index (χ2n) is 5.44. The highest BCUT2D eigenvalue weighted by Gasteiger charge is 2.29. The van der Waals surface area contributed by atoms with Crippen LogP contribution in [0.1, 0.15) is 15.9 Å². The molecule has 2 aliphatic heterocycles. The molecule has 0 saturated carbocycles. The van der Waals surface area contributed by atoms with E-state index in [-0.39, 0.29) is 11.5 Å². The van der Waals surface area contributed by atoms with Crippen LogP contribution in [0.15, 0.2) is 65.4 Å². The Morgan fingerprint density at radius 3 is 2.83 bits per heavy atom. The molecule has 2 heterocycles. The molecular weight excluding hydrogens is 290 g/mol. The van der Waals surface area contributed by atoms with Crippen molar-refractivity contribution in [2.75, 3.05) is 18.4 Å². The Kier molecular flexibility index (Phi) is 3.12. The summed E-state index contributed by atoms with van der Waals surface area (Å²) in [6.07, 6.45) is 1.52. The Morgan fingerprint density at radius 2 is 1.96 bits per heavy atom. The molecule has 0 unspecified atom stereocenters. The van der Waals surface area contributed by atoms with Gasteiger partial charge in [-0.1, -0.05) is 24.3 Å². The van der Waals surface area contributed by atoms with Crippen LogP contribution in [-0.2, 0) is 0 Å². The zero-order valence-corrected chi connectivity index (χ0v) is 12.4. The maximum Gasteiger partial charge on any atom is 0.193 e. The van der Waals surface area contributed by atoms with Crippen LogP contribution in [0.3, 0.4) is 0 Å². The van der Waals surface area contributed by atoms with Gasteiger partial charge in [0.1, 0.15) is 17.4 Å². The maximum atomic E-state index is 12.5. The van der Waals surface area contributed by atoms with E-state index in [4.69, 9.17) is 0 Å². The third-order valence-corrected chi connectivity index (χ3v) is 4.00. The first-order chi connectivity index (χ1) is 11.2. The van der Waals surface area contributed by atoms with Gasteiger partial charge in [0.05, 0.1) is 17.8 Å². The predicted octanol–water partition coefficient (Wildman–Crippen LogP) is 2.60. The molecule has 23 heavy (non-hydrogen) atoms. The number of hydrogen-bond donors (Lipinski definition) is 2. The van der Waals surface area contributed by atoms with Crippen LogP contribution in [-0.4, -0.2) is 34.7 Å². The van der Waals surface area contributed by atoms with Gasteiger partial charge in [-0.05, 0) is 24.3 Å². The molecule has 0 bridgehead atoms. The first kappa shape index (κ1) is 13.6. The number of fused-ring (bicyclic) bond motifs is 3. The van der Waals surface area contributed by atoms with E-state index in [2.05, 4.69) is 10.3 Å². The molecule has 0 spiro atoms. The van der Waals surface area contributed by atoms with E-state index in [1.165, 1.54) is 12.1 Å². The Bertz CT molecular complexity index is 855. The number of phenols is 1. The Labute approximate surface area is 133 Å². The maximum absolute atomic E-state index is 12.5. The third-order valence-electron chi connectivity index (χ3n) is 4.00. The smallest absolute Gasteiger partial charge is 0.193 e. The summed E-state index contributed by atoms with van der Waals surface area (Å²) in [5, 5.41) is 13.1. The largest absolute Gasteiger partial charge is 0.507 e. The van der Waals surface area contributed by atoms with Crippen molar-refractivity contribution in [3.05, 3.63) is 71.6 Å². The van der Waals surface area contributed by atoms with Crippen LogP contribution in [0.4, 0.5) is 5.69 Å². The van der Waals surface area contributed by atoms with Gasteiger partial charge < -0.3 is 15.3 Å². The highest BCUT2D eigenvalue weighted by Crippen LogP contribution is 2.30. The molecule has 0 fully saturated rings. The monoisotopic (exact) mass is 305 g/mol. The number of carbonyl (C=O) groups excluding carboxylic acids is 1. The lowest BCUT2D eigenvalue weighted by Gasteiger charge is -2.31. The van der Waals surface area contributed by atoms with Crippen molar-refractivity contribution in [1.82, 2.24) is 4.90 Å². The molecule has 0 saturated heterocycles. The number of aromatic hydroxyl groups is 1. The average molecular weight is 305 g/mol. The summed E-state index contributed by atoms with van der Waals surface area (Å²) >= 11 is 0. The molecule has 0 radical (unpaired) electrons. The van der Waals surface area contributed by atoms with Gasteiger partial charge in [0.15, 0.2) is 5.78 Å². The van der Waals surface area contributed by atoms with Gasteiger partial charge in [-0.15, -0.1) is 0 Å². The summed E-state index contributed by atoms with van der Waals surface area (Å²) in [6.45, 7) is 1.43. The fourth-order valence-corrected chi connectivity index (χ4v) is 2.90. The number of benzene rings is 2. The van der Waals surface area contributed by atoms with E-state index in [9.17, 15) is 9.90 Å². The van der Waals surface area contributed by atoms with E-state index < -0.39 is 0 Å². The standard InChI is InChI=1S/C18H15N3O2/c22-15-8-4-2-6-13(15)16(23)11-17-20-14-7-3-1-5-12(14)18-19-9-10-21(17)18/h1-8,11,20,22H,9-10H2. The van der Waals surface area contributed by atoms with Crippen molar-refractivity contribution >= 4 is 17.3 Å². The summed E-state index contributed by atoms with van der Waals surface area (Å²) in [7, 11) is 0. The number of nitrogens with zero attached hydrogens (tertiary/aromatic N) is 2. The topological polar surface area (TPSA) is 64.9 Å². The quantitative estimate of drug-likeness (QED) is 0.661. The minimum atomic E-state index is -0.240. The fourth-order valence-electron chi connectivity index (χ4n) is 2.90. The van der Waals surface area contributed by atoms with Crippen molar-refractivity contribution in [2.45, 2.75) is 0 Å². The molecule has 5 nitrogen and oxygen atoms in total. The number of rotatable bonds is 2. The number of anilines is 1. The van der Waals surface area contributed by atoms with Gasteiger partial charge in [0, 0.05) is 18.2 Å². The summed E-state index contributed by atoms with van der Waals surface area (Å²) in [6, 6.07) is 14.5. The van der Waals surface area contributed by atoms with Crippen molar-refractivity contribution in [2.24, 2.45) is 4.99 Å². The van der Waals surface area contributed by atoms with Crippen molar-refractivity contribution in [3.63, 3.8) is 0 Å². The van der Waals surface area contributed by atoms with E-state index >= 15 is 0 Å². The highest BCUT2D eigenvalue weighted by molar-refractivity contribution is 6.11. The SMILES string of the molecule is O=C(C=C1Nc2ccccc2C2=NCCN12)c1ccccc1O. The van der Waals surface area contributed by atoms with Gasteiger partial charge >= 0.3 is 0 Å². The first-order valence-electron chi connectivity index (χ1n) is 7.46. The van der Waals surface area contributed by atoms with Crippen LogP contribution in [0, 0.1) is 0 Å². The fraction of sp³-hybridized carbons (Fsp3) is 0.111. The zero-order valence-electron chi connectivity index (χ0n) is 12.4. The molecule has 0 atom stereocenters. The Hall–Kier alpha value is -3.08. The number of phenolic OH excluding ortho intramolecular Hbond substituents is 1. The molecule has 2 aromatic rings. The molecule has 0 amide bonds. The van der Waals surface area contributed by atoms with E-state index in [0.29, 0.717) is 17.9 Å². The molecule has 4 rings (SSSR count). The number of allylic oxidation sites excluding steroid dienone is 1. The van der Waals surface area contributed by atoms with Crippen LogP contribution in [0.2, 0.25) is 0 Å². The van der Waals surface area contributed by atoms with Gasteiger partial charge in [0.25, 0.3) is 0 Å². The summed E-state index contributed by atoms with van der Waals surface area (Å²) < 4.78 is 0. The number of para-hydroxylation sites is 2. The second kappa shape index (κ2) is 5.28. The highest BCUT2D eigenvalue weighted by atomic mass is 16.3. The van der Waals surface area contributed by atoms with Gasteiger partial charge in [0.2, 0.25) is 0 Å². The van der Waals surface area contributed by atoms with E-state index in [1.54, 1.807) is 18.2 Å². The zero-order chi connectivity index (χ0) is 15.8. The molecular formula is C18H15N3O2. The molecule has 2 N–H and O–H groups in total. The van der Waals surface area contributed by atoms with Crippen LogP contribution >= 0.6 is 0 Å². The van der Waals surface area contributed by atoms with Gasteiger partial charge in [-0.25, -0.2) is 0 Å². The Balaban J connectivity index is 1.74. The Morgan fingerprint density at radius 1 is 1.17 bits per heavy atom. The van der Waals surface area contributed by atoms with Gasteiger partial charge in [-0.2, -0.15) is 0 Å². The van der Waals surface area contributed by atoms with E-state index in [0.717, 1.165) is 23.6 Å². The second-order valence-corrected chi connectivity index (χ2v) is 5.44. The van der Waals surface area contributed by atoms with E-state index in [1.807, 2.05) is 29.2 Å². The number of aliphatic imine (C=N–C) groups is 1. The minimum absolute atomic E-state index is 0.0131. The number of amidine groups is 1. The third kappa shape index (κ3) is 2.26. The molecule has 0 aliphatic carbocycles. The molecule has 2 aromatic carbocycles. The summed E-state index contributed by atoms with van der Waals surface area (Å²) in [5.41, 5.74) is 2.26. The molecule has 114 valence electrons. The normalized spacial score (nSPS) is 17.3. The van der Waals surface area contributed by atoms with Crippen molar-refractivity contribution in [1.29, 1.82) is 0 Å². The van der Waals surface area contributed by atoms with Crippen LogP contribution in [0.25, 0.3) is 0 Å². The molecule has 5 heteroatoms. The molecule has 0 aromatic heterocycles. The number of ketones is 1. The summed E-state index contributed by atoms with van der Waals surface area (Å²) in [5.74, 6) is 1.32.